The van der Waals surface area contributed by atoms with Gasteiger partial charge in [0.1, 0.15) is 5.82 Å². The van der Waals surface area contributed by atoms with Crippen molar-refractivity contribution in [1.82, 2.24) is 24.5 Å². The number of carbonyl (C=O) groups excluding carboxylic acids is 2. The number of nitrogens with two attached hydrogens (primary N) is 1. The molecule has 0 aliphatic heterocycles. The molecule has 0 aromatic carbocycles. The standard InChI is InChI=1S/C14H21N7O2S/c1-8-13(9(2)21(4)19-8)16-12(23)7-24-14-18-17-11(20(14)3)6-5-10(15)22/h5-7H2,1-4H3,(H2,15,22)(H,16,23). The topological polar surface area (TPSA) is 121 Å². The van der Waals surface area contributed by atoms with Gasteiger partial charge in [0.05, 0.1) is 22.8 Å². The smallest absolute Gasteiger partial charge is 0.234 e. The highest BCUT2D eigenvalue weighted by Crippen LogP contribution is 2.20. The van der Waals surface area contributed by atoms with Crippen LogP contribution in [0.2, 0.25) is 0 Å². The summed E-state index contributed by atoms with van der Waals surface area (Å²) in [5.74, 6) is 0.348. The zero-order chi connectivity index (χ0) is 17.9. The quantitative estimate of drug-likeness (QED) is 0.693. The third-order valence-electron chi connectivity index (χ3n) is 3.63. The first-order valence-electron chi connectivity index (χ1n) is 7.39. The van der Waals surface area contributed by atoms with E-state index >= 15 is 0 Å². The highest BCUT2D eigenvalue weighted by atomic mass is 32.2. The number of thioether (sulfide) groups is 1. The summed E-state index contributed by atoms with van der Waals surface area (Å²) in [7, 11) is 3.63. The lowest BCUT2D eigenvalue weighted by Gasteiger charge is -2.06. The van der Waals surface area contributed by atoms with Gasteiger partial charge in [-0.2, -0.15) is 5.10 Å². The molecule has 24 heavy (non-hydrogen) atoms. The molecule has 0 spiro atoms. The van der Waals surface area contributed by atoms with E-state index in [2.05, 4.69) is 20.6 Å². The molecule has 0 aliphatic rings. The van der Waals surface area contributed by atoms with Crippen LogP contribution >= 0.6 is 11.8 Å². The van der Waals surface area contributed by atoms with Crippen molar-refractivity contribution in [2.24, 2.45) is 19.8 Å². The molecule has 2 aromatic heterocycles. The number of hydrogen-bond acceptors (Lipinski definition) is 6. The summed E-state index contributed by atoms with van der Waals surface area (Å²) in [5.41, 5.74) is 7.55. The molecule has 0 saturated carbocycles. The lowest BCUT2D eigenvalue weighted by atomic mass is 10.3. The molecular weight excluding hydrogens is 330 g/mol. The van der Waals surface area contributed by atoms with Crippen LogP contribution in [0.4, 0.5) is 5.69 Å². The van der Waals surface area contributed by atoms with Crippen molar-refractivity contribution < 1.29 is 9.59 Å². The third kappa shape index (κ3) is 4.13. The molecule has 3 N–H and O–H groups in total. The molecule has 2 heterocycles. The minimum absolute atomic E-state index is 0.138. The van der Waals surface area contributed by atoms with Crippen LogP contribution in [0.3, 0.4) is 0 Å². The summed E-state index contributed by atoms with van der Waals surface area (Å²) in [6.07, 6.45) is 0.649. The van der Waals surface area contributed by atoms with Gasteiger partial charge in [0.25, 0.3) is 0 Å². The summed E-state index contributed by atoms with van der Waals surface area (Å²) in [6, 6.07) is 0. The fourth-order valence-electron chi connectivity index (χ4n) is 2.18. The molecule has 0 bridgehead atoms. The molecule has 130 valence electrons. The number of primary amides is 1. The van der Waals surface area contributed by atoms with E-state index in [0.717, 1.165) is 17.1 Å². The number of nitrogens with one attached hydrogen (secondary N) is 1. The second-order valence-electron chi connectivity index (χ2n) is 5.43. The van der Waals surface area contributed by atoms with Crippen LogP contribution in [0.25, 0.3) is 0 Å². The highest BCUT2D eigenvalue weighted by Gasteiger charge is 2.15. The average molecular weight is 351 g/mol. The molecule has 0 atom stereocenters. The maximum atomic E-state index is 12.1. The third-order valence-corrected chi connectivity index (χ3v) is 4.65. The number of nitrogens with zero attached hydrogens (tertiary/aromatic N) is 5. The van der Waals surface area contributed by atoms with Crippen molar-refractivity contribution in [3.05, 3.63) is 17.2 Å². The van der Waals surface area contributed by atoms with Gasteiger partial charge in [-0.15, -0.1) is 10.2 Å². The number of rotatable bonds is 7. The van der Waals surface area contributed by atoms with Crippen molar-refractivity contribution in [3.8, 4) is 0 Å². The van der Waals surface area contributed by atoms with Crippen LogP contribution in [-0.4, -0.2) is 42.1 Å². The van der Waals surface area contributed by atoms with Crippen LogP contribution in [0, 0.1) is 13.8 Å². The Morgan fingerprint density at radius 1 is 1.25 bits per heavy atom. The fourth-order valence-corrected chi connectivity index (χ4v) is 2.91. The normalized spacial score (nSPS) is 10.8. The van der Waals surface area contributed by atoms with Gasteiger partial charge < -0.3 is 15.6 Å². The second kappa shape index (κ2) is 7.47. The Labute approximate surface area is 144 Å². The largest absolute Gasteiger partial charge is 0.370 e. The zero-order valence-electron chi connectivity index (χ0n) is 14.2. The van der Waals surface area contributed by atoms with Crippen molar-refractivity contribution in [2.45, 2.75) is 31.8 Å². The van der Waals surface area contributed by atoms with E-state index in [1.165, 1.54) is 11.8 Å². The summed E-state index contributed by atoms with van der Waals surface area (Å²) in [4.78, 5) is 23.0. The van der Waals surface area contributed by atoms with Crippen LogP contribution in [0.15, 0.2) is 5.16 Å². The number of aromatic nitrogens is 5. The van der Waals surface area contributed by atoms with Gasteiger partial charge in [-0.3, -0.25) is 14.3 Å². The SMILES string of the molecule is Cc1nn(C)c(C)c1NC(=O)CSc1nnc(CCC(N)=O)n1C. The first kappa shape index (κ1) is 18.0. The Bertz CT molecular complexity index is 766. The van der Waals surface area contributed by atoms with E-state index in [1.54, 1.807) is 16.3 Å². The van der Waals surface area contributed by atoms with Gasteiger partial charge >= 0.3 is 0 Å². The lowest BCUT2D eigenvalue weighted by Crippen LogP contribution is -2.16. The molecule has 0 unspecified atom stereocenters. The Balaban J connectivity index is 1.93. The Hall–Kier alpha value is -2.36. The lowest BCUT2D eigenvalue weighted by molar-refractivity contribution is -0.118. The number of hydrogen-bond donors (Lipinski definition) is 2. The molecule has 0 aliphatic carbocycles. The van der Waals surface area contributed by atoms with Crippen molar-refractivity contribution >= 4 is 29.3 Å². The Morgan fingerprint density at radius 3 is 2.54 bits per heavy atom. The van der Waals surface area contributed by atoms with Gasteiger partial charge in [0, 0.05) is 26.9 Å². The first-order valence-corrected chi connectivity index (χ1v) is 8.37. The monoisotopic (exact) mass is 351 g/mol. The molecule has 0 fully saturated rings. The maximum absolute atomic E-state index is 12.1. The van der Waals surface area contributed by atoms with Crippen molar-refractivity contribution in [2.75, 3.05) is 11.1 Å². The minimum atomic E-state index is -0.381. The van der Waals surface area contributed by atoms with Crippen LogP contribution in [0.1, 0.15) is 23.6 Å². The second-order valence-corrected chi connectivity index (χ2v) is 6.37. The van der Waals surface area contributed by atoms with E-state index in [4.69, 9.17) is 5.73 Å². The van der Waals surface area contributed by atoms with E-state index < -0.39 is 0 Å². The predicted octanol–water partition coefficient (Wildman–Crippen LogP) is 0.314. The number of carbonyl (C=O) groups is 2. The molecule has 0 saturated heterocycles. The number of anilines is 1. The molecule has 2 amide bonds. The summed E-state index contributed by atoms with van der Waals surface area (Å²) in [6.45, 7) is 3.75. The maximum Gasteiger partial charge on any atom is 0.234 e. The number of amides is 2. The number of aryl methyl sites for hydroxylation is 3. The van der Waals surface area contributed by atoms with Crippen molar-refractivity contribution in [3.63, 3.8) is 0 Å². The highest BCUT2D eigenvalue weighted by molar-refractivity contribution is 7.99. The molecule has 0 radical (unpaired) electrons. The van der Waals surface area contributed by atoms with E-state index in [1.807, 2.05) is 20.9 Å². The van der Waals surface area contributed by atoms with Crippen LogP contribution in [-0.2, 0) is 30.1 Å². The van der Waals surface area contributed by atoms with E-state index in [9.17, 15) is 9.59 Å². The Morgan fingerprint density at radius 2 is 1.96 bits per heavy atom. The molecular formula is C14H21N7O2S. The van der Waals surface area contributed by atoms with Gasteiger partial charge in [-0.05, 0) is 13.8 Å². The predicted molar refractivity (Wildman–Crippen MR) is 90.6 cm³/mol. The van der Waals surface area contributed by atoms with Crippen LogP contribution in [0.5, 0.6) is 0 Å². The van der Waals surface area contributed by atoms with Gasteiger partial charge in [-0.1, -0.05) is 11.8 Å². The van der Waals surface area contributed by atoms with Crippen molar-refractivity contribution in [1.29, 1.82) is 0 Å². The summed E-state index contributed by atoms with van der Waals surface area (Å²) in [5, 5.41) is 15.8. The first-order chi connectivity index (χ1) is 11.3. The van der Waals surface area contributed by atoms with E-state index in [-0.39, 0.29) is 24.0 Å². The van der Waals surface area contributed by atoms with Crippen LogP contribution < -0.4 is 11.1 Å². The van der Waals surface area contributed by atoms with Gasteiger partial charge in [0.15, 0.2) is 5.16 Å². The Kier molecular flexibility index (Phi) is 5.60. The van der Waals surface area contributed by atoms with E-state index in [0.29, 0.717) is 17.4 Å². The molecule has 2 rings (SSSR count). The zero-order valence-corrected chi connectivity index (χ0v) is 15.0. The average Bonchev–Trinajstić information content (AvgIpc) is 2.98. The minimum Gasteiger partial charge on any atom is -0.370 e. The summed E-state index contributed by atoms with van der Waals surface area (Å²) >= 11 is 1.28. The molecule has 9 nitrogen and oxygen atoms in total. The van der Waals surface area contributed by atoms with Gasteiger partial charge in [0.2, 0.25) is 11.8 Å². The van der Waals surface area contributed by atoms with Gasteiger partial charge in [-0.25, -0.2) is 0 Å². The molecule has 2 aromatic rings. The molecule has 10 heteroatoms. The summed E-state index contributed by atoms with van der Waals surface area (Å²) < 4.78 is 3.49. The fraction of sp³-hybridized carbons (Fsp3) is 0.500.